The van der Waals surface area contributed by atoms with Gasteiger partial charge in [0.15, 0.2) is 0 Å². The molecule has 0 heterocycles. The van der Waals surface area contributed by atoms with Crippen molar-refractivity contribution in [1.82, 2.24) is 0 Å². The zero-order valence-corrected chi connectivity index (χ0v) is 12.2. The minimum atomic E-state index is -1.34. The van der Waals surface area contributed by atoms with Crippen LogP contribution >= 0.6 is 0 Å². The van der Waals surface area contributed by atoms with Crippen LogP contribution in [0.5, 0.6) is 11.5 Å². The first-order chi connectivity index (χ1) is 8.25. The molecule has 5 heteroatoms. The molecule has 1 N–H and O–H groups in total. The van der Waals surface area contributed by atoms with E-state index in [0.717, 1.165) is 0 Å². The van der Waals surface area contributed by atoms with Crippen LogP contribution in [0.15, 0.2) is 22.6 Å². The number of hydrogen-bond donors (Lipinski definition) is 1. The fraction of sp³-hybridized carbons (Fsp3) is 0.462. The van der Waals surface area contributed by atoms with Crippen molar-refractivity contribution in [3.05, 3.63) is 23.8 Å². The molecule has 1 aromatic rings. The topological polar surface area (TPSA) is 64.9 Å². The van der Waals surface area contributed by atoms with Crippen LogP contribution in [0.25, 0.3) is 0 Å². The van der Waals surface area contributed by atoms with Gasteiger partial charge >= 0.3 is 0 Å². The molecule has 100 valence electrons. The summed E-state index contributed by atoms with van der Waals surface area (Å²) in [5, 5.41) is 9.85. The first-order valence-electron chi connectivity index (χ1n) is 5.60. The van der Waals surface area contributed by atoms with Gasteiger partial charge in [0.2, 0.25) is 0 Å². The highest BCUT2D eigenvalue weighted by molar-refractivity contribution is 7.91. The van der Waals surface area contributed by atoms with Crippen LogP contribution in [0.1, 0.15) is 33.3 Å². The van der Waals surface area contributed by atoms with Crippen LogP contribution < -0.4 is 4.74 Å². The highest BCUT2D eigenvalue weighted by Gasteiger charge is 2.27. The largest absolute Gasteiger partial charge is 0.591 e. The second-order valence-corrected chi connectivity index (χ2v) is 6.83. The first kappa shape index (κ1) is 14.9. The number of phenols is 1. The maximum atomic E-state index is 11.9. The van der Waals surface area contributed by atoms with Crippen molar-refractivity contribution in [2.75, 3.05) is 7.11 Å². The lowest BCUT2D eigenvalue weighted by Crippen LogP contribution is -2.26. The van der Waals surface area contributed by atoms with E-state index in [-0.39, 0.29) is 5.75 Å². The summed E-state index contributed by atoms with van der Waals surface area (Å²) in [5.41, 5.74) is 1.11. The first-order valence-corrected chi connectivity index (χ1v) is 6.71. The molecule has 1 rings (SSSR count). The number of aromatic hydroxyl groups is 1. The molecule has 1 unspecified atom stereocenters. The van der Waals surface area contributed by atoms with Gasteiger partial charge in [-0.2, -0.15) is 0 Å². The van der Waals surface area contributed by atoms with E-state index in [1.54, 1.807) is 19.1 Å². The minimum Gasteiger partial charge on any atom is -0.591 e. The predicted molar refractivity (Wildman–Crippen MR) is 74.8 cm³/mol. The molecule has 1 atom stereocenters. The Balaban J connectivity index is 3.04. The highest BCUT2D eigenvalue weighted by atomic mass is 32.2. The summed E-state index contributed by atoms with van der Waals surface area (Å²) in [7, 11) is 1.53. The zero-order valence-electron chi connectivity index (χ0n) is 11.4. The van der Waals surface area contributed by atoms with Gasteiger partial charge in [-0.3, -0.25) is 0 Å². The molecule has 4 nitrogen and oxygen atoms in total. The van der Waals surface area contributed by atoms with Gasteiger partial charge in [-0.05, 0) is 39.8 Å². The fourth-order valence-electron chi connectivity index (χ4n) is 1.25. The number of hydrogen-bond acceptors (Lipinski definition) is 4. The van der Waals surface area contributed by atoms with Crippen LogP contribution in [-0.2, 0) is 11.4 Å². The van der Waals surface area contributed by atoms with E-state index in [4.69, 9.17) is 4.74 Å². The summed E-state index contributed by atoms with van der Waals surface area (Å²) >= 11 is -1.34. The summed E-state index contributed by atoms with van der Waals surface area (Å²) in [6.45, 7) is 7.29. The molecule has 0 aliphatic heterocycles. The number of methoxy groups -OCH3 is 1. The normalized spacial score (nSPS) is 14.4. The van der Waals surface area contributed by atoms with Crippen molar-refractivity contribution in [2.45, 2.75) is 32.4 Å². The van der Waals surface area contributed by atoms with E-state index in [0.29, 0.717) is 17.0 Å². The van der Waals surface area contributed by atoms with Crippen molar-refractivity contribution in [3.63, 3.8) is 0 Å². The van der Waals surface area contributed by atoms with Crippen molar-refractivity contribution < 1.29 is 14.4 Å². The maximum absolute atomic E-state index is 11.9. The third kappa shape index (κ3) is 3.65. The van der Waals surface area contributed by atoms with Gasteiger partial charge in [0.05, 0.1) is 12.8 Å². The fourth-order valence-corrected chi connectivity index (χ4v) is 1.88. The van der Waals surface area contributed by atoms with Gasteiger partial charge in [-0.25, -0.2) is 0 Å². The molecule has 0 aliphatic carbocycles. The van der Waals surface area contributed by atoms with Crippen LogP contribution in [0, 0.1) is 0 Å². The lowest BCUT2D eigenvalue weighted by Gasteiger charge is -2.19. The Morgan fingerprint density at radius 3 is 2.44 bits per heavy atom. The Bertz CT molecular complexity index is 452. The molecule has 0 saturated carbocycles. The molecule has 0 saturated heterocycles. The molecule has 18 heavy (non-hydrogen) atoms. The Morgan fingerprint density at radius 1 is 1.39 bits per heavy atom. The molecule has 0 bridgehead atoms. The van der Waals surface area contributed by atoms with E-state index in [1.807, 2.05) is 20.8 Å². The number of phenolic OH excluding ortho intramolecular Hbond substituents is 1. The molecule has 1 aromatic carbocycles. The molecule has 0 fully saturated rings. The number of benzene rings is 1. The SMILES string of the molecule is COc1ccc(/C(C)=N\[S+]([O-])C(C)(C)C)c(O)c1. The average molecular weight is 269 g/mol. The minimum absolute atomic E-state index is 0.0708. The van der Waals surface area contributed by atoms with Gasteiger partial charge in [-0.15, -0.1) is 0 Å². The zero-order chi connectivity index (χ0) is 13.9. The maximum Gasteiger partial charge on any atom is 0.144 e. The van der Waals surface area contributed by atoms with Gasteiger partial charge in [0.25, 0.3) is 0 Å². The van der Waals surface area contributed by atoms with E-state index < -0.39 is 16.1 Å². The monoisotopic (exact) mass is 269 g/mol. The number of nitrogens with zero attached hydrogens (tertiary/aromatic N) is 1. The van der Waals surface area contributed by atoms with Gasteiger partial charge < -0.3 is 14.4 Å². The summed E-state index contributed by atoms with van der Waals surface area (Å²) in [5.74, 6) is 0.641. The highest BCUT2D eigenvalue weighted by Crippen LogP contribution is 2.25. The Labute approximate surface area is 111 Å². The lowest BCUT2D eigenvalue weighted by molar-refractivity contribution is 0.407. The summed E-state index contributed by atoms with van der Waals surface area (Å²) < 4.78 is 20.6. The molecule has 0 aromatic heterocycles. The Kier molecular flexibility index (Phi) is 4.65. The van der Waals surface area contributed by atoms with Crippen molar-refractivity contribution in [3.8, 4) is 11.5 Å². The van der Waals surface area contributed by atoms with E-state index in [9.17, 15) is 9.66 Å². The number of rotatable bonds is 3. The molecule has 0 radical (unpaired) electrons. The average Bonchev–Trinajstić information content (AvgIpc) is 2.27. The Morgan fingerprint density at radius 2 is 2.00 bits per heavy atom. The molecular formula is C13H19NO3S. The number of ether oxygens (including phenoxy) is 1. The van der Waals surface area contributed by atoms with Crippen molar-refractivity contribution in [2.24, 2.45) is 4.40 Å². The van der Waals surface area contributed by atoms with Crippen LogP contribution in [0.4, 0.5) is 0 Å². The quantitative estimate of drug-likeness (QED) is 0.677. The molecular weight excluding hydrogens is 250 g/mol. The van der Waals surface area contributed by atoms with Gasteiger partial charge in [-0.1, -0.05) is 4.40 Å². The summed E-state index contributed by atoms with van der Waals surface area (Å²) in [6, 6.07) is 4.94. The standard InChI is InChI=1S/C13H19NO3S/c1-9(14-18(16)13(2,3)4)11-7-6-10(17-5)8-12(11)15/h6-8,15H,1-5H3/b14-9-. The molecule has 0 aliphatic rings. The third-order valence-electron chi connectivity index (χ3n) is 2.34. The van der Waals surface area contributed by atoms with Crippen molar-refractivity contribution in [1.29, 1.82) is 0 Å². The van der Waals surface area contributed by atoms with E-state index in [1.165, 1.54) is 13.2 Å². The molecule has 0 amide bonds. The Hall–Kier alpha value is -1.20. The van der Waals surface area contributed by atoms with E-state index in [2.05, 4.69) is 4.40 Å². The van der Waals surface area contributed by atoms with E-state index >= 15 is 0 Å². The smallest absolute Gasteiger partial charge is 0.144 e. The second-order valence-electron chi connectivity index (χ2n) is 4.92. The van der Waals surface area contributed by atoms with Crippen molar-refractivity contribution >= 4 is 17.1 Å². The second kappa shape index (κ2) is 5.63. The van der Waals surface area contributed by atoms with Gasteiger partial charge in [0.1, 0.15) is 27.6 Å². The summed E-state index contributed by atoms with van der Waals surface area (Å²) in [6.07, 6.45) is 0. The molecule has 0 spiro atoms. The van der Waals surface area contributed by atoms with Gasteiger partial charge in [0, 0.05) is 11.6 Å². The third-order valence-corrected chi connectivity index (χ3v) is 3.83. The van der Waals surface area contributed by atoms with Crippen LogP contribution in [-0.4, -0.2) is 27.2 Å². The van der Waals surface area contributed by atoms with Crippen LogP contribution in [0.3, 0.4) is 0 Å². The predicted octanol–water partition coefficient (Wildman–Crippen LogP) is 2.67. The lowest BCUT2D eigenvalue weighted by atomic mass is 10.1. The summed E-state index contributed by atoms with van der Waals surface area (Å²) in [4.78, 5) is 0. The van der Waals surface area contributed by atoms with Crippen LogP contribution in [0.2, 0.25) is 0 Å².